The third-order valence-corrected chi connectivity index (χ3v) is 3.33. The first-order valence-electron chi connectivity index (χ1n) is 5.42. The van der Waals surface area contributed by atoms with Crippen LogP contribution in [0, 0.1) is 13.8 Å². The maximum Gasteiger partial charge on any atom is 0.275 e. The maximum atomic E-state index is 12.1. The molecule has 0 bridgehead atoms. The van der Waals surface area contributed by atoms with Crippen LogP contribution in [0.4, 0.5) is 5.82 Å². The van der Waals surface area contributed by atoms with Gasteiger partial charge in [-0.05, 0) is 25.5 Å². The van der Waals surface area contributed by atoms with E-state index in [9.17, 15) is 4.79 Å². The highest BCUT2D eigenvalue weighted by molar-refractivity contribution is 9.10. The molecule has 0 aliphatic heterocycles. The smallest absolute Gasteiger partial charge is 0.275 e. The predicted molar refractivity (Wildman–Crippen MR) is 72.6 cm³/mol. The Balaban J connectivity index is 2.29. The number of halogens is 1. The van der Waals surface area contributed by atoms with Gasteiger partial charge >= 0.3 is 0 Å². The Labute approximate surface area is 113 Å². The van der Waals surface area contributed by atoms with Crippen LogP contribution in [0.1, 0.15) is 21.7 Å². The summed E-state index contributed by atoms with van der Waals surface area (Å²) in [7, 11) is 1.79. The molecular weight excluding hydrogens is 296 g/mol. The fourth-order valence-electron chi connectivity index (χ4n) is 1.58. The van der Waals surface area contributed by atoms with Crippen LogP contribution in [0.25, 0.3) is 0 Å². The number of nitrogens with zero attached hydrogens (tertiary/aromatic N) is 3. The number of hydrogen-bond acceptors (Lipinski definition) is 3. The van der Waals surface area contributed by atoms with Gasteiger partial charge in [0, 0.05) is 29.5 Å². The summed E-state index contributed by atoms with van der Waals surface area (Å²) in [6.07, 6.45) is 1.77. The third kappa shape index (κ3) is 2.59. The maximum absolute atomic E-state index is 12.1. The van der Waals surface area contributed by atoms with Gasteiger partial charge in [-0.2, -0.15) is 5.10 Å². The normalized spacial score (nSPS) is 10.4. The van der Waals surface area contributed by atoms with E-state index >= 15 is 0 Å². The Morgan fingerprint density at radius 1 is 1.44 bits per heavy atom. The molecular formula is C12H13BrN4O. The minimum atomic E-state index is -0.254. The van der Waals surface area contributed by atoms with Crippen LogP contribution in [0.15, 0.2) is 22.8 Å². The second-order valence-corrected chi connectivity index (χ2v) is 4.90. The van der Waals surface area contributed by atoms with Gasteiger partial charge < -0.3 is 5.32 Å². The molecule has 5 nitrogen and oxygen atoms in total. The van der Waals surface area contributed by atoms with E-state index in [1.807, 2.05) is 19.9 Å². The molecule has 0 aliphatic rings. The molecule has 2 aromatic rings. The summed E-state index contributed by atoms with van der Waals surface area (Å²) in [6, 6.07) is 3.62. The molecule has 2 aromatic heterocycles. The second-order valence-electron chi connectivity index (χ2n) is 4.05. The number of pyridine rings is 1. The SMILES string of the molecule is Cc1cc(Br)c(C)c(C(=O)Nc2ccn(C)n2)n1. The Bertz CT molecular complexity index is 606. The number of anilines is 1. The van der Waals surface area contributed by atoms with Gasteiger partial charge in [0.25, 0.3) is 5.91 Å². The van der Waals surface area contributed by atoms with Crippen molar-refractivity contribution >= 4 is 27.7 Å². The monoisotopic (exact) mass is 308 g/mol. The molecule has 0 fully saturated rings. The Kier molecular flexibility index (Phi) is 3.47. The van der Waals surface area contributed by atoms with Crippen molar-refractivity contribution in [2.75, 3.05) is 5.32 Å². The molecule has 6 heteroatoms. The minimum Gasteiger partial charge on any atom is -0.304 e. The largest absolute Gasteiger partial charge is 0.304 e. The van der Waals surface area contributed by atoms with Crippen molar-refractivity contribution in [3.8, 4) is 0 Å². The van der Waals surface area contributed by atoms with E-state index in [4.69, 9.17) is 0 Å². The van der Waals surface area contributed by atoms with Gasteiger partial charge in [-0.1, -0.05) is 15.9 Å². The standard InChI is InChI=1S/C12H13BrN4O/c1-7-6-9(13)8(2)11(14-7)12(18)15-10-4-5-17(3)16-10/h4-6H,1-3H3,(H,15,16,18). The van der Waals surface area contributed by atoms with Crippen LogP contribution in [0.5, 0.6) is 0 Å². The lowest BCUT2D eigenvalue weighted by Crippen LogP contribution is -2.16. The van der Waals surface area contributed by atoms with Crippen LogP contribution in [-0.2, 0) is 7.05 Å². The Morgan fingerprint density at radius 2 is 2.17 bits per heavy atom. The first-order chi connectivity index (χ1) is 8.47. The molecule has 0 aliphatic carbocycles. The molecule has 0 saturated heterocycles. The number of nitrogens with one attached hydrogen (secondary N) is 1. The van der Waals surface area contributed by atoms with Crippen molar-refractivity contribution < 1.29 is 4.79 Å². The molecule has 0 unspecified atom stereocenters. The van der Waals surface area contributed by atoms with Crippen molar-refractivity contribution in [1.29, 1.82) is 0 Å². The van der Waals surface area contributed by atoms with Gasteiger partial charge in [-0.25, -0.2) is 4.98 Å². The highest BCUT2D eigenvalue weighted by Crippen LogP contribution is 2.20. The molecule has 1 amide bonds. The lowest BCUT2D eigenvalue weighted by atomic mass is 10.2. The lowest BCUT2D eigenvalue weighted by molar-refractivity contribution is 0.102. The van der Waals surface area contributed by atoms with Crippen molar-refractivity contribution in [2.45, 2.75) is 13.8 Å². The van der Waals surface area contributed by atoms with Crippen molar-refractivity contribution in [3.05, 3.63) is 39.8 Å². The minimum absolute atomic E-state index is 0.254. The summed E-state index contributed by atoms with van der Waals surface area (Å²) in [5, 5.41) is 6.82. The first-order valence-corrected chi connectivity index (χ1v) is 6.21. The summed E-state index contributed by atoms with van der Waals surface area (Å²) >= 11 is 3.41. The fraction of sp³-hybridized carbons (Fsp3) is 0.250. The van der Waals surface area contributed by atoms with Crippen molar-refractivity contribution in [1.82, 2.24) is 14.8 Å². The molecule has 2 heterocycles. The highest BCUT2D eigenvalue weighted by Gasteiger charge is 2.14. The zero-order valence-corrected chi connectivity index (χ0v) is 11.9. The van der Waals surface area contributed by atoms with E-state index in [-0.39, 0.29) is 5.91 Å². The van der Waals surface area contributed by atoms with Gasteiger partial charge in [-0.15, -0.1) is 0 Å². The van der Waals surface area contributed by atoms with Gasteiger partial charge in [0.05, 0.1) is 0 Å². The van der Waals surface area contributed by atoms with E-state index in [1.54, 1.807) is 24.0 Å². The zero-order valence-electron chi connectivity index (χ0n) is 10.4. The average Bonchev–Trinajstić information content (AvgIpc) is 2.69. The van der Waals surface area contributed by atoms with Crippen LogP contribution in [0.2, 0.25) is 0 Å². The van der Waals surface area contributed by atoms with E-state index in [1.165, 1.54) is 0 Å². The number of carbonyl (C=O) groups is 1. The van der Waals surface area contributed by atoms with Crippen LogP contribution < -0.4 is 5.32 Å². The topological polar surface area (TPSA) is 59.8 Å². The fourth-order valence-corrected chi connectivity index (χ4v) is 2.09. The molecule has 2 rings (SSSR count). The average molecular weight is 309 g/mol. The predicted octanol–water partition coefficient (Wildman–Crippen LogP) is 2.45. The quantitative estimate of drug-likeness (QED) is 0.927. The molecule has 0 radical (unpaired) electrons. The summed E-state index contributed by atoms with van der Waals surface area (Å²) in [4.78, 5) is 16.4. The van der Waals surface area contributed by atoms with E-state index in [0.29, 0.717) is 11.5 Å². The summed E-state index contributed by atoms with van der Waals surface area (Å²) in [5.41, 5.74) is 2.01. The Hall–Kier alpha value is -1.69. The van der Waals surface area contributed by atoms with Crippen LogP contribution >= 0.6 is 15.9 Å². The van der Waals surface area contributed by atoms with Crippen molar-refractivity contribution in [3.63, 3.8) is 0 Å². The van der Waals surface area contributed by atoms with E-state index < -0.39 is 0 Å². The number of aromatic nitrogens is 3. The van der Waals surface area contributed by atoms with E-state index in [0.717, 1.165) is 15.7 Å². The molecule has 0 saturated carbocycles. The van der Waals surface area contributed by atoms with Gasteiger partial charge in [0.15, 0.2) is 5.82 Å². The van der Waals surface area contributed by atoms with Gasteiger partial charge in [-0.3, -0.25) is 9.48 Å². The molecule has 0 aromatic carbocycles. The molecule has 0 spiro atoms. The number of rotatable bonds is 2. The number of amides is 1. The van der Waals surface area contributed by atoms with Crippen LogP contribution in [-0.4, -0.2) is 20.7 Å². The summed E-state index contributed by atoms with van der Waals surface area (Å²) < 4.78 is 2.50. The molecule has 0 atom stereocenters. The Morgan fingerprint density at radius 3 is 2.78 bits per heavy atom. The molecule has 18 heavy (non-hydrogen) atoms. The molecule has 94 valence electrons. The molecule has 1 N–H and O–H groups in total. The number of carbonyl (C=O) groups excluding carboxylic acids is 1. The summed E-state index contributed by atoms with van der Waals surface area (Å²) in [6.45, 7) is 3.70. The lowest BCUT2D eigenvalue weighted by Gasteiger charge is -2.07. The number of hydrogen-bond donors (Lipinski definition) is 1. The van der Waals surface area contributed by atoms with Crippen molar-refractivity contribution in [2.24, 2.45) is 7.05 Å². The second kappa shape index (κ2) is 4.89. The number of aryl methyl sites for hydroxylation is 2. The van der Waals surface area contributed by atoms with Crippen LogP contribution in [0.3, 0.4) is 0 Å². The summed E-state index contributed by atoms with van der Waals surface area (Å²) in [5.74, 6) is 0.261. The van der Waals surface area contributed by atoms with Gasteiger partial charge in [0.1, 0.15) is 5.69 Å². The highest BCUT2D eigenvalue weighted by atomic mass is 79.9. The first kappa shape index (κ1) is 12.8. The van der Waals surface area contributed by atoms with E-state index in [2.05, 4.69) is 31.3 Å². The third-order valence-electron chi connectivity index (χ3n) is 2.51. The zero-order chi connectivity index (χ0) is 13.3. The van der Waals surface area contributed by atoms with Gasteiger partial charge in [0.2, 0.25) is 0 Å².